The molecule has 1 N–H and O–H groups in total. The smallest absolute Gasteiger partial charge is 0.291 e. The molecule has 0 spiro atoms. The molecule has 1 aromatic carbocycles. The Morgan fingerprint density at radius 3 is 2.58 bits per heavy atom. The van der Waals surface area contributed by atoms with Gasteiger partial charge in [0.1, 0.15) is 0 Å². The van der Waals surface area contributed by atoms with Crippen molar-refractivity contribution in [3.63, 3.8) is 0 Å². The first-order chi connectivity index (χ1) is 11.5. The molecule has 1 aliphatic rings. The molecule has 0 atom stereocenters. The van der Waals surface area contributed by atoms with Crippen molar-refractivity contribution >= 4 is 29.1 Å². The van der Waals surface area contributed by atoms with Crippen LogP contribution in [0.3, 0.4) is 0 Å². The Bertz CT molecular complexity index is 738. The maximum Gasteiger partial charge on any atom is 0.291 e. The maximum atomic E-state index is 12.6. The third-order valence-electron chi connectivity index (χ3n) is 4.00. The van der Waals surface area contributed by atoms with E-state index in [9.17, 15) is 9.59 Å². The normalized spacial score (nSPS) is 15.3. The van der Waals surface area contributed by atoms with Crippen LogP contribution in [0.15, 0.2) is 41.0 Å². The van der Waals surface area contributed by atoms with Crippen molar-refractivity contribution in [3.05, 3.63) is 52.9 Å². The molecule has 0 bridgehead atoms. The van der Waals surface area contributed by atoms with Gasteiger partial charge in [-0.05, 0) is 37.4 Å². The Labute approximate surface area is 145 Å². The molecule has 0 aliphatic carbocycles. The van der Waals surface area contributed by atoms with Crippen LogP contribution < -0.4 is 5.32 Å². The summed E-state index contributed by atoms with van der Waals surface area (Å²) in [7, 11) is 2.03. The van der Waals surface area contributed by atoms with Gasteiger partial charge in [0.2, 0.25) is 0 Å². The zero-order chi connectivity index (χ0) is 17.1. The highest BCUT2D eigenvalue weighted by molar-refractivity contribution is 6.34. The number of halogens is 1. The molecule has 1 fully saturated rings. The van der Waals surface area contributed by atoms with Gasteiger partial charge in [-0.3, -0.25) is 9.59 Å². The summed E-state index contributed by atoms with van der Waals surface area (Å²) in [5, 5.41) is 3.04. The van der Waals surface area contributed by atoms with Gasteiger partial charge >= 0.3 is 0 Å². The molecular formula is C17H18ClN3O3. The first-order valence-electron chi connectivity index (χ1n) is 7.67. The minimum absolute atomic E-state index is 0.0618. The maximum absolute atomic E-state index is 12.6. The van der Waals surface area contributed by atoms with E-state index in [2.05, 4.69) is 10.2 Å². The fourth-order valence-corrected chi connectivity index (χ4v) is 2.70. The SMILES string of the molecule is CN1CCN(C(=O)c2ccc(Cl)c(NC(=O)c3ccco3)c2)CC1. The predicted octanol–water partition coefficient (Wildman–Crippen LogP) is 2.57. The van der Waals surface area contributed by atoms with Crippen LogP contribution in [0.5, 0.6) is 0 Å². The number of carbonyl (C=O) groups is 2. The number of benzene rings is 1. The monoisotopic (exact) mass is 347 g/mol. The van der Waals surface area contributed by atoms with E-state index in [1.54, 1.807) is 35.2 Å². The second-order valence-corrected chi connectivity index (χ2v) is 6.13. The molecule has 1 aliphatic heterocycles. The highest BCUT2D eigenvalue weighted by Crippen LogP contribution is 2.24. The molecule has 2 heterocycles. The summed E-state index contributed by atoms with van der Waals surface area (Å²) in [5.74, 6) is -0.291. The zero-order valence-corrected chi connectivity index (χ0v) is 14.0. The number of piperazine rings is 1. The van der Waals surface area contributed by atoms with Crippen molar-refractivity contribution in [1.82, 2.24) is 9.80 Å². The summed E-state index contributed by atoms with van der Waals surface area (Å²) in [6, 6.07) is 8.07. The van der Waals surface area contributed by atoms with Gasteiger partial charge in [-0.1, -0.05) is 11.6 Å². The lowest BCUT2D eigenvalue weighted by Gasteiger charge is -2.32. The summed E-state index contributed by atoms with van der Waals surface area (Å²) in [4.78, 5) is 28.7. The molecule has 0 radical (unpaired) electrons. The van der Waals surface area contributed by atoms with Crippen LogP contribution in [0, 0.1) is 0 Å². The molecule has 24 heavy (non-hydrogen) atoms. The highest BCUT2D eigenvalue weighted by Gasteiger charge is 2.21. The fraction of sp³-hybridized carbons (Fsp3) is 0.294. The molecule has 2 aromatic rings. The number of hydrogen-bond acceptors (Lipinski definition) is 4. The number of carbonyl (C=O) groups excluding carboxylic acids is 2. The summed E-state index contributed by atoms with van der Waals surface area (Å²) in [5.41, 5.74) is 0.886. The molecule has 0 unspecified atom stereocenters. The minimum Gasteiger partial charge on any atom is -0.459 e. The molecule has 1 aromatic heterocycles. The number of rotatable bonds is 3. The Morgan fingerprint density at radius 2 is 1.92 bits per heavy atom. The lowest BCUT2D eigenvalue weighted by atomic mass is 10.1. The lowest BCUT2D eigenvalue weighted by Crippen LogP contribution is -2.47. The largest absolute Gasteiger partial charge is 0.459 e. The van der Waals surface area contributed by atoms with Crippen molar-refractivity contribution < 1.29 is 14.0 Å². The topological polar surface area (TPSA) is 65.8 Å². The predicted molar refractivity (Wildman–Crippen MR) is 91.5 cm³/mol. The van der Waals surface area contributed by atoms with E-state index in [0.717, 1.165) is 13.1 Å². The number of nitrogens with zero attached hydrogens (tertiary/aromatic N) is 2. The molecule has 0 saturated carbocycles. The van der Waals surface area contributed by atoms with E-state index >= 15 is 0 Å². The van der Waals surface area contributed by atoms with E-state index in [4.69, 9.17) is 16.0 Å². The number of amides is 2. The Kier molecular flexibility index (Phi) is 4.87. The molecule has 2 amide bonds. The first-order valence-corrected chi connectivity index (χ1v) is 8.04. The van der Waals surface area contributed by atoms with Crippen LogP contribution in [-0.4, -0.2) is 54.8 Å². The van der Waals surface area contributed by atoms with Gasteiger partial charge in [-0.15, -0.1) is 0 Å². The van der Waals surface area contributed by atoms with Crippen LogP contribution in [-0.2, 0) is 0 Å². The Balaban J connectivity index is 1.76. The fourth-order valence-electron chi connectivity index (χ4n) is 2.54. The average molecular weight is 348 g/mol. The summed E-state index contributed by atoms with van der Waals surface area (Å²) >= 11 is 6.13. The number of furan rings is 1. The van der Waals surface area contributed by atoms with Gasteiger partial charge in [-0.2, -0.15) is 0 Å². The van der Waals surface area contributed by atoms with Crippen molar-refractivity contribution in [3.8, 4) is 0 Å². The van der Waals surface area contributed by atoms with Gasteiger partial charge in [0.15, 0.2) is 5.76 Å². The van der Waals surface area contributed by atoms with Crippen LogP contribution in [0.4, 0.5) is 5.69 Å². The highest BCUT2D eigenvalue weighted by atomic mass is 35.5. The van der Waals surface area contributed by atoms with Crippen LogP contribution in [0.25, 0.3) is 0 Å². The molecule has 6 nitrogen and oxygen atoms in total. The minimum atomic E-state index is -0.411. The van der Waals surface area contributed by atoms with Gasteiger partial charge in [0.05, 0.1) is 17.0 Å². The van der Waals surface area contributed by atoms with Gasteiger partial charge in [-0.25, -0.2) is 0 Å². The second kappa shape index (κ2) is 7.07. The lowest BCUT2D eigenvalue weighted by molar-refractivity contribution is 0.0664. The van der Waals surface area contributed by atoms with Crippen LogP contribution in [0.2, 0.25) is 5.02 Å². The number of nitrogens with one attached hydrogen (secondary N) is 1. The first kappa shape index (κ1) is 16.5. The molecule has 7 heteroatoms. The van der Waals surface area contributed by atoms with Gasteiger partial charge < -0.3 is 19.5 Å². The molecular weight excluding hydrogens is 330 g/mol. The average Bonchev–Trinajstić information content (AvgIpc) is 3.11. The zero-order valence-electron chi connectivity index (χ0n) is 13.3. The Morgan fingerprint density at radius 1 is 1.17 bits per heavy atom. The second-order valence-electron chi connectivity index (χ2n) is 5.72. The van der Waals surface area contributed by atoms with E-state index in [1.165, 1.54) is 6.26 Å². The summed E-state index contributed by atoms with van der Waals surface area (Å²) < 4.78 is 5.06. The third-order valence-corrected chi connectivity index (χ3v) is 4.33. The van der Waals surface area contributed by atoms with E-state index in [-0.39, 0.29) is 11.7 Å². The quantitative estimate of drug-likeness (QED) is 0.926. The van der Waals surface area contributed by atoms with E-state index in [1.807, 2.05) is 7.05 Å². The number of anilines is 1. The molecule has 126 valence electrons. The third kappa shape index (κ3) is 3.60. The summed E-state index contributed by atoms with van der Waals surface area (Å²) in [6.45, 7) is 3.07. The number of likely N-dealkylation sites (N-methyl/N-ethyl adjacent to an activating group) is 1. The molecule has 3 rings (SSSR count). The van der Waals surface area contributed by atoms with Gasteiger partial charge in [0.25, 0.3) is 11.8 Å². The van der Waals surface area contributed by atoms with E-state index < -0.39 is 5.91 Å². The van der Waals surface area contributed by atoms with Crippen molar-refractivity contribution in [2.45, 2.75) is 0 Å². The molecule has 1 saturated heterocycles. The summed E-state index contributed by atoms with van der Waals surface area (Å²) in [6.07, 6.45) is 1.42. The standard InChI is InChI=1S/C17H18ClN3O3/c1-20-6-8-21(9-7-20)17(23)12-4-5-13(18)14(11-12)19-16(22)15-3-2-10-24-15/h2-5,10-11H,6-9H2,1H3,(H,19,22). The Hall–Kier alpha value is -2.31. The van der Waals surface area contributed by atoms with Crippen molar-refractivity contribution in [2.24, 2.45) is 0 Å². The van der Waals surface area contributed by atoms with Crippen LogP contribution >= 0.6 is 11.6 Å². The van der Waals surface area contributed by atoms with Crippen molar-refractivity contribution in [2.75, 3.05) is 38.5 Å². The van der Waals surface area contributed by atoms with Crippen LogP contribution in [0.1, 0.15) is 20.9 Å². The number of hydrogen-bond donors (Lipinski definition) is 1. The van der Waals surface area contributed by atoms with E-state index in [0.29, 0.717) is 29.4 Å². The van der Waals surface area contributed by atoms with Crippen molar-refractivity contribution in [1.29, 1.82) is 0 Å². The van der Waals surface area contributed by atoms with Gasteiger partial charge in [0, 0.05) is 31.7 Å².